The largest absolute Gasteiger partial charge is 0.508 e. The van der Waals surface area contributed by atoms with E-state index in [0.717, 1.165) is 5.56 Å². The van der Waals surface area contributed by atoms with Crippen molar-refractivity contribution < 1.29 is 38.7 Å². The number of rotatable bonds is 18. The van der Waals surface area contributed by atoms with Crippen molar-refractivity contribution in [3.05, 3.63) is 29.8 Å². The first-order valence-electron chi connectivity index (χ1n) is 15.0. The molecule has 1 aliphatic rings. The van der Waals surface area contributed by atoms with E-state index in [1.165, 1.54) is 17.0 Å². The second-order valence-corrected chi connectivity index (χ2v) is 11.7. The first-order chi connectivity index (χ1) is 21.2. The summed E-state index contributed by atoms with van der Waals surface area (Å²) in [5.41, 5.74) is 17.3. The van der Waals surface area contributed by atoms with E-state index >= 15 is 0 Å². The maximum Gasteiger partial charge on any atom is 0.243 e. The predicted octanol–water partition coefficient (Wildman–Crippen LogP) is -1.52. The van der Waals surface area contributed by atoms with Crippen LogP contribution in [-0.2, 0) is 40.0 Å². The van der Waals surface area contributed by atoms with Crippen molar-refractivity contribution in [1.29, 1.82) is 0 Å². The molecule has 0 radical (unpaired) electrons. The van der Waals surface area contributed by atoms with Gasteiger partial charge >= 0.3 is 0 Å². The van der Waals surface area contributed by atoms with Gasteiger partial charge in [0.15, 0.2) is 0 Å². The highest BCUT2D eigenvalue weighted by molar-refractivity contribution is 5.95. The van der Waals surface area contributed by atoms with E-state index in [2.05, 4.69) is 16.0 Å². The Labute approximate surface area is 262 Å². The second-order valence-electron chi connectivity index (χ2n) is 11.7. The minimum absolute atomic E-state index is 0.0145. The van der Waals surface area contributed by atoms with Gasteiger partial charge in [0, 0.05) is 19.4 Å². The van der Waals surface area contributed by atoms with Gasteiger partial charge < -0.3 is 48.0 Å². The van der Waals surface area contributed by atoms with Gasteiger partial charge in [-0.1, -0.05) is 26.0 Å². The summed E-state index contributed by atoms with van der Waals surface area (Å²) in [5, 5.41) is 17.2. The van der Waals surface area contributed by atoms with Gasteiger partial charge in [0.05, 0.1) is 12.1 Å². The number of nitrogens with one attached hydrogen (secondary N) is 3. The molecule has 0 aromatic heterocycles. The third-order valence-electron chi connectivity index (χ3n) is 7.39. The third kappa shape index (κ3) is 12.2. The highest BCUT2D eigenvalue weighted by Crippen LogP contribution is 2.20. The third-order valence-corrected chi connectivity index (χ3v) is 7.39. The molecule has 5 atom stereocenters. The van der Waals surface area contributed by atoms with Gasteiger partial charge in [-0.2, -0.15) is 0 Å². The van der Waals surface area contributed by atoms with E-state index in [0.29, 0.717) is 19.1 Å². The number of amides is 6. The van der Waals surface area contributed by atoms with Gasteiger partial charge in [0.25, 0.3) is 0 Å². The number of nitrogens with zero attached hydrogens (tertiary/aromatic N) is 1. The molecule has 1 aliphatic heterocycles. The van der Waals surface area contributed by atoms with Gasteiger partial charge in [-0.05, 0) is 62.1 Å². The molecule has 2 rings (SSSR count). The van der Waals surface area contributed by atoms with Crippen LogP contribution >= 0.6 is 0 Å². The van der Waals surface area contributed by atoms with E-state index in [1.54, 1.807) is 12.1 Å². The molecule has 0 saturated carbocycles. The number of aromatic hydroxyl groups is 1. The van der Waals surface area contributed by atoms with E-state index in [1.807, 2.05) is 13.8 Å². The fourth-order valence-corrected chi connectivity index (χ4v) is 5.04. The molecule has 10 N–H and O–H groups in total. The zero-order valence-corrected chi connectivity index (χ0v) is 25.7. The number of nitrogens with two attached hydrogens (primary N) is 3. The molecule has 248 valence electrons. The Balaban J connectivity index is 2.15. The van der Waals surface area contributed by atoms with Crippen LogP contribution in [-0.4, -0.2) is 88.5 Å². The molecule has 15 nitrogen and oxygen atoms in total. The summed E-state index contributed by atoms with van der Waals surface area (Å²) in [6.45, 7) is 3.92. The summed E-state index contributed by atoms with van der Waals surface area (Å²) in [6, 6.07) is 0.999. The van der Waals surface area contributed by atoms with Crippen LogP contribution in [0, 0.1) is 5.92 Å². The summed E-state index contributed by atoms with van der Waals surface area (Å²) in [7, 11) is 0. The summed E-state index contributed by atoms with van der Waals surface area (Å²) in [5.74, 6) is -3.85. The highest BCUT2D eigenvalue weighted by Gasteiger charge is 2.38. The lowest BCUT2D eigenvalue weighted by atomic mass is 10.0. The van der Waals surface area contributed by atoms with Crippen LogP contribution in [0.2, 0.25) is 0 Å². The minimum atomic E-state index is -1.27. The van der Waals surface area contributed by atoms with Crippen LogP contribution in [0.15, 0.2) is 24.3 Å². The van der Waals surface area contributed by atoms with Crippen molar-refractivity contribution in [1.82, 2.24) is 20.9 Å². The summed E-state index contributed by atoms with van der Waals surface area (Å²) < 4.78 is 0. The zero-order chi connectivity index (χ0) is 33.7. The Morgan fingerprint density at radius 2 is 1.53 bits per heavy atom. The molecule has 1 aromatic rings. The lowest BCUT2D eigenvalue weighted by Crippen LogP contribution is -2.58. The molecule has 6 amide bonds. The SMILES string of the molecule is CC(C)C[C@H](NC(=O)[C@H](CCC(N)=O)NC(=O)[C@@H]1CCCN1C(=O)[C@@H](N)Cc1ccc(O)cc1)C(=O)N[C@H](C=O)CCC(N)=O. The summed E-state index contributed by atoms with van der Waals surface area (Å²) >= 11 is 0. The smallest absolute Gasteiger partial charge is 0.243 e. The number of primary amides is 2. The predicted molar refractivity (Wildman–Crippen MR) is 163 cm³/mol. The van der Waals surface area contributed by atoms with Crippen molar-refractivity contribution in [2.75, 3.05) is 6.54 Å². The van der Waals surface area contributed by atoms with E-state index in [-0.39, 0.29) is 56.7 Å². The number of aldehydes is 1. The van der Waals surface area contributed by atoms with Gasteiger partial charge in [-0.3, -0.25) is 28.8 Å². The molecular formula is C30H45N7O8. The van der Waals surface area contributed by atoms with Gasteiger partial charge in [-0.15, -0.1) is 0 Å². The Morgan fingerprint density at radius 3 is 2.11 bits per heavy atom. The van der Waals surface area contributed by atoms with Crippen molar-refractivity contribution in [2.24, 2.45) is 23.1 Å². The van der Waals surface area contributed by atoms with Gasteiger partial charge in [-0.25, -0.2) is 0 Å². The molecule has 0 unspecified atom stereocenters. The second kappa shape index (κ2) is 17.7. The van der Waals surface area contributed by atoms with Crippen molar-refractivity contribution in [3.63, 3.8) is 0 Å². The standard InChI is InChI=1S/C30H45N7O8/c1-17(2)14-23(28(43)34-19(16-38)7-11-25(32)40)36-27(42)22(10-12-26(33)41)35-29(44)24-4-3-13-37(24)30(45)21(31)15-18-5-8-20(39)9-6-18/h5-6,8-9,16-17,19,21-24,39H,3-4,7,10-15,31H2,1-2H3,(H2,32,40)(H2,33,41)(H,34,43)(H,35,44)(H,36,42)/t19-,21-,22-,23-,24-/m0/s1. The van der Waals surface area contributed by atoms with Crippen LogP contribution in [0.5, 0.6) is 5.75 Å². The van der Waals surface area contributed by atoms with Crippen LogP contribution in [0.25, 0.3) is 0 Å². The molecule has 1 saturated heterocycles. The summed E-state index contributed by atoms with van der Waals surface area (Å²) in [4.78, 5) is 88.6. The van der Waals surface area contributed by atoms with Crippen molar-refractivity contribution in [3.8, 4) is 5.75 Å². The number of likely N-dealkylation sites (tertiary alicyclic amines) is 1. The van der Waals surface area contributed by atoms with Crippen LogP contribution in [0.3, 0.4) is 0 Å². The van der Waals surface area contributed by atoms with Crippen LogP contribution in [0.4, 0.5) is 0 Å². The molecule has 0 spiro atoms. The first kappa shape index (κ1) is 36.7. The van der Waals surface area contributed by atoms with Crippen molar-refractivity contribution in [2.45, 2.75) is 95.4 Å². The topological polar surface area (TPSA) is 257 Å². The van der Waals surface area contributed by atoms with Crippen molar-refractivity contribution >= 4 is 41.7 Å². The fourth-order valence-electron chi connectivity index (χ4n) is 5.04. The van der Waals surface area contributed by atoms with Crippen LogP contribution in [0.1, 0.15) is 64.4 Å². The Bertz CT molecular complexity index is 1220. The monoisotopic (exact) mass is 631 g/mol. The normalized spacial score (nSPS) is 17.1. The number of carbonyl (C=O) groups excluding carboxylic acids is 7. The van der Waals surface area contributed by atoms with E-state index in [9.17, 15) is 38.7 Å². The minimum Gasteiger partial charge on any atom is -0.508 e. The van der Waals surface area contributed by atoms with Gasteiger partial charge in [0.2, 0.25) is 35.4 Å². The molecule has 15 heteroatoms. The Morgan fingerprint density at radius 1 is 0.933 bits per heavy atom. The Hall–Kier alpha value is -4.53. The van der Waals surface area contributed by atoms with E-state index < -0.39 is 65.7 Å². The number of hydrogen-bond donors (Lipinski definition) is 7. The van der Waals surface area contributed by atoms with E-state index in [4.69, 9.17) is 17.2 Å². The lowest BCUT2D eigenvalue weighted by Gasteiger charge is -2.29. The quantitative estimate of drug-likeness (QED) is 0.0927. The maximum atomic E-state index is 13.4. The molecular weight excluding hydrogens is 586 g/mol. The highest BCUT2D eigenvalue weighted by atomic mass is 16.3. The Kier molecular flexibility index (Phi) is 14.4. The maximum absolute atomic E-state index is 13.4. The number of carbonyl (C=O) groups is 7. The lowest BCUT2D eigenvalue weighted by molar-refractivity contribution is -0.140. The number of phenols is 1. The van der Waals surface area contributed by atoms with Crippen LogP contribution < -0.4 is 33.2 Å². The molecule has 1 aromatic carbocycles. The van der Waals surface area contributed by atoms with Gasteiger partial charge in [0.1, 0.15) is 30.2 Å². The molecule has 1 heterocycles. The first-order valence-corrected chi connectivity index (χ1v) is 15.0. The molecule has 45 heavy (non-hydrogen) atoms. The number of phenolic OH excluding ortho intramolecular Hbond substituents is 1. The number of benzene rings is 1. The average Bonchev–Trinajstić information content (AvgIpc) is 3.47. The molecule has 0 aliphatic carbocycles. The number of hydrogen-bond acceptors (Lipinski definition) is 9. The summed E-state index contributed by atoms with van der Waals surface area (Å²) in [6.07, 6.45) is 1.12. The fraction of sp³-hybridized carbons (Fsp3) is 0.567. The molecule has 1 fully saturated rings. The zero-order valence-electron chi connectivity index (χ0n) is 25.7. The molecule has 0 bridgehead atoms. The average molecular weight is 632 g/mol.